The summed E-state index contributed by atoms with van der Waals surface area (Å²) in [6.45, 7) is 5.70. The number of nitrogens with one attached hydrogen (secondary N) is 2. The van der Waals surface area contributed by atoms with Gasteiger partial charge in [-0.1, -0.05) is 18.2 Å². The summed E-state index contributed by atoms with van der Waals surface area (Å²) in [7, 11) is -3.23. The highest BCUT2D eigenvalue weighted by Gasteiger charge is 2.20. The lowest BCUT2D eigenvalue weighted by Gasteiger charge is -2.11. The van der Waals surface area contributed by atoms with Gasteiger partial charge in [0.05, 0.1) is 10.6 Å². The van der Waals surface area contributed by atoms with Gasteiger partial charge in [0, 0.05) is 32.8 Å². The minimum absolute atomic E-state index is 0.106. The Labute approximate surface area is 157 Å². The number of hydrogen-bond donors (Lipinski definition) is 2. The maximum atomic E-state index is 12.2. The molecule has 0 aromatic heterocycles. The monoisotopic (exact) mass is 381 g/mol. The molecule has 2 rings (SSSR count). The number of nitrogens with zero attached hydrogens (tertiary/aromatic N) is 1. The molecule has 0 spiro atoms. The Morgan fingerprint density at radius 2 is 1.96 bits per heavy atom. The molecule has 0 saturated heterocycles. The van der Waals surface area contributed by atoms with Gasteiger partial charge in [-0.25, -0.2) is 8.42 Å². The summed E-state index contributed by atoms with van der Waals surface area (Å²) in [5.74, 6) is 1.63. The minimum Gasteiger partial charge on any atom is -0.381 e. The first-order valence-electron chi connectivity index (χ1n) is 9.49. The van der Waals surface area contributed by atoms with E-state index in [1.807, 2.05) is 13.0 Å². The highest BCUT2D eigenvalue weighted by molar-refractivity contribution is 7.91. The van der Waals surface area contributed by atoms with E-state index in [1.165, 1.54) is 12.8 Å². The molecule has 0 bridgehead atoms. The van der Waals surface area contributed by atoms with Crippen molar-refractivity contribution in [2.24, 2.45) is 10.9 Å². The molecule has 0 radical (unpaired) electrons. The normalized spacial score (nSPS) is 15.0. The molecule has 1 fully saturated rings. The molecule has 6 nitrogen and oxygen atoms in total. The molecule has 1 aliphatic rings. The lowest BCUT2D eigenvalue weighted by Crippen LogP contribution is -2.38. The second-order valence-corrected chi connectivity index (χ2v) is 8.65. The molecule has 1 aromatic carbocycles. The fourth-order valence-electron chi connectivity index (χ4n) is 2.45. The van der Waals surface area contributed by atoms with Gasteiger partial charge in [0.25, 0.3) is 0 Å². The third kappa shape index (κ3) is 8.19. The minimum atomic E-state index is -3.23. The quantitative estimate of drug-likeness (QED) is 0.330. The zero-order valence-corrected chi connectivity index (χ0v) is 16.4. The first kappa shape index (κ1) is 20.7. The molecule has 0 atom stereocenters. The van der Waals surface area contributed by atoms with Crippen molar-refractivity contribution in [3.05, 3.63) is 30.3 Å². The topological polar surface area (TPSA) is 79.8 Å². The van der Waals surface area contributed by atoms with E-state index >= 15 is 0 Å². The van der Waals surface area contributed by atoms with Crippen LogP contribution in [0.15, 0.2) is 40.2 Å². The van der Waals surface area contributed by atoms with Crippen LogP contribution in [0.3, 0.4) is 0 Å². The Balaban J connectivity index is 1.65. The summed E-state index contributed by atoms with van der Waals surface area (Å²) in [6.07, 6.45) is 4.06. The van der Waals surface area contributed by atoms with Crippen LogP contribution in [0, 0.1) is 5.92 Å². The van der Waals surface area contributed by atoms with Crippen LogP contribution in [0.1, 0.15) is 32.6 Å². The largest absolute Gasteiger partial charge is 0.381 e. The summed E-state index contributed by atoms with van der Waals surface area (Å²) in [5, 5.41) is 6.44. The molecule has 2 N–H and O–H groups in total. The summed E-state index contributed by atoms with van der Waals surface area (Å²) in [5.41, 5.74) is 0. The molecule has 7 heteroatoms. The average molecular weight is 382 g/mol. The van der Waals surface area contributed by atoms with Crippen molar-refractivity contribution < 1.29 is 13.2 Å². The van der Waals surface area contributed by atoms with Gasteiger partial charge in [0.1, 0.15) is 0 Å². The van der Waals surface area contributed by atoms with Gasteiger partial charge in [-0.2, -0.15) is 0 Å². The van der Waals surface area contributed by atoms with E-state index in [0.717, 1.165) is 44.6 Å². The third-order valence-corrected chi connectivity index (χ3v) is 5.91. The lowest BCUT2D eigenvalue weighted by atomic mass is 10.4. The summed E-state index contributed by atoms with van der Waals surface area (Å²) >= 11 is 0. The number of benzene rings is 1. The first-order valence-corrected chi connectivity index (χ1v) is 11.1. The van der Waals surface area contributed by atoms with Crippen LogP contribution in [0.4, 0.5) is 0 Å². The van der Waals surface area contributed by atoms with Crippen LogP contribution in [0.2, 0.25) is 0 Å². The second-order valence-electron chi connectivity index (χ2n) is 6.54. The Morgan fingerprint density at radius 1 is 1.19 bits per heavy atom. The Hall–Kier alpha value is -1.60. The number of guanidine groups is 1. The summed E-state index contributed by atoms with van der Waals surface area (Å²) < 4.78 is 30.1. The number of sulfone groups is 1. The van der Waals surface area contributed by atoms with Crippen molar-refractivity contribution in [2.75, 3.05) is 38.6 Å². The van der Waals surface area contributed by atoms with Gasteiger partial charge in [0.15, 0.2) is 15.8 Å². The van der Waals surface area contributed by atoms with Gasteiger partial charge in [-0.05, 0) is 50.7 Å². The standard InChI is InChI=1S/C19H31N3O3S/c1-2-20-19(21-12-6-14-25-16-17-10-11-17)22-13-7-15-26(23,24)18-8-4-3-5-9-18/h3-5,8-9,17H,2,6-7,10-16H2,1H3,(H2,20,21,22). The predicted octanol–water partition coefficient (Wildman–Crippen LogP) is 2.22. The van der Waals surface area contributed by atoms with Crippen molar-refractivity contribution in [3.8, 4) is 0 Å². The van der Waals surface area contributed by atoms with E-state index in [0.29, 0.717) is 17.9 Å². The van der Waals surface area contributed by atoms with Crippen molar-refractivity contribution in [3.63, 3.8) is 0 Å². The maximum absolute atomic E-state index is 12.2. The smallest absolute Gasteiger partial charge is 0.191 e. The van der Waals surface area contributed by atoms with Crippen LogP contribution in [-0.4, -0.2) is 53.0 Å². The van der Waals surface area contributed by atoms with E-state index < -0.39 is 9.84 Å². The number of aliphatic imine (C=N–C) groups is 1. The van der Waals surface area contributed by atoms with Crippen molar-refractivity contribution in [2.45, 2.75) is 37.5 Å². The average Bonchev–Trinajstić information content (AvgIpc) is 3.46. The van der Waals surface area contributed by atoms with Crippen LogP contribution < -0.4 is 10.6 Å². The Bertz CT molecular complexity index is 643. The first-order chi connectivity index (χ1) is 12.6. The third-order valence-electron chi connectivity index (χ3n) is 4.10. The molecule has 26 heavy (non-hydrogen) atoms. The Kier molecular flexibility index (Phi) is 8.91. The molecule has 0 unspecified atom stereocenters. The van der Waals surface area contributed by atoms with Gasteiger partial charge in [0.2, 0.25) is 0 Å². The Morgan fingerprint density at radius 3 is 2.65 bits per heavy atom. The van der Waals surface area contributed by atoms with Gasteiger partial charge in [-0.3, -0.25) is 4.99 Å². The van der Waals surface area contributed by atoms with E-state index in [-0.39, 0.29) is 5.75 Å². The molecular formula is C19H31N3O3S. The van der Waals surface area contributed by atoms with Gasteiger partial charge >= 0.3 is 0 Å². The zero-order chi connectivity index (χ0) is 18.7. The number of ether oxygens (including phenoxy) is 1. The molecule has 1 aliphatic carbocycles. The van der Waals surface area contributed by atoms with E-state index in [1.54, 1.807) is 24.3 Å². The fourth-order valence-corrected chi connectivity index (χ4v) is 3.77. The highest BCUT2D eigenvalue weighted by Crippen LogP contribution is 2.28. The molecule has 0 amide bonds. The van der Waals surface area contributed by atoms with Crippen LogP contribution in [0.5, 0.6) is 0 Å². The number of hydrogen-bond acceptors (Lipinski definition) is 4. The highest BCUT2D eigenvalue weighted by atomic mass is 32.2. The fraction of sp³-hybridized carbons (Fsp3) is 0.632. The molecule has 1 saturated carbocycles. The summed E-state index contributed by atoms with van der Waals surface area (Å²) in [4.78, 5) is 4.83. The van der Waals surface area contributed by atoms with E-state index in [2.05, 4.69) is 15.6 Å². The molecule has 1 aromatic rings. The molecule has 146 valence electrons. The molecule has 0 aliphatic heterocycles. The predicted molar refractivity (Wildman–Crippen MR) is 105 cm³/mol. The van der Waals surface area contributed by atoms with Gasteiger partial charge in [-0.15, -0.1) is 0 Å². The van der Waals surface area contributed by atoms with E-state index in [9.17, 15) is 8.42 Å². The number of rotatable bonds is 12. The molecular weight excluding hydrogens is 350 g/mol. The van der Waals surface area contributed by atoms with Crippen LogP contribution in [0.25, 0.3) is 0 Å². The van der Waals surface area contributed by atoms with Crippen molar-refractivity contribution >= 4 is 15.8 Å². The molecule has 0 heterocycles. The second kappa shape index (κ2) is 11.2. The van der Waals surface area contributed by atoms with E-state index in [4.69, 9.17) is 4.74 Å². The van der Waals surface area contributed by atoms with Crippen LogP contribution in [-0.2, 0) is 14.6 Å². The summed E-state index contributed by atoms with van der Waals surface area (Å²) in [6, 6.07) is 8.57. The van der Waals surface area contributed by atoms with Gasteiger partial charge < -0.3 is 15.4 Å². The lowest BCUT2D eigenvalue weighted by molar-refractivity contribution is 0.123. The van der Waals surface area contributed by atoms with Crippen molar-refractivity contribution in [1.82, 2.24) is 10.6 Å². The van der Waals surface area contributed by atoms with Crippen molar-refractivity contribution in [1.29, 1.82) is 0 Å². The maximum Gasteiger partial charge on any atom is 0.191 e. The zero-order valence-electron chi connectivity index (χ0n) is 15.6. The SMILES string of the molecule is CCNC(=NCCCS(=O)(=O)c1ccccc1)NCCCOCC1CC1. The van der Waals surface area contributed by atoms with Crippen LogP contribution >= 0.6 is 0 Å².